The molecule has 2 atom stereocenters. The van der Waals surface area contributed by atoms with Gasteiger partial charge in [0, 0.05) is 12.6 Å². The number of rotatable bonds is 2. The summed E-state index contributed by atoms with van der Waals surface area (Å²) in [7, 11) is 0. The zero-order valence-corrected chi connectivity index (χ0v) is 10.9. The second kappa shape index (κ2) is 6.61. The van der Waals surface area contributed by atoms with E-state index < -0.39 is 0 Å². The first-order valence-corrected chi connectivity index (χ1v) is 7.30. The molecular weight excluding hydrogens is 196 g/mol. The van der Waals surface area contributed by atoms with E-state index in [9.17, 15) is 0 Å². The molecule has 2 aliphatic rings. The van der Waals surface area contributed by atoms with Crippen molar-refractivity contribution in [2.75, 3.05) is 26.2 Å². The van der Waals surface area contributed by atoms with Crippen molar-refractivity contribution in [2.24, 2.45) is 5.92 Å². The minimum absolute atomic E-state index is 0.767. The van der Waals surface area contributed by atoms with Gasteiger partial charge in [0.15, 0.2) is 0 Å². The summed E-state index contributed by atoms with van der Waals surface area (Å²) in [5.41, 5.74) is 0. The van der Waals surface area contributed by atoms with Crippen LogP contribution in [0.2, 0.25) is 0 Å². The van der Waals surface area contributed by atoms with E-state index in [1.54, 1.807) is 0 Å². The molecule has 2 rings (SSSR count). The summed E-state index contributed by atoms with van der Waals surface area (Å²) in [6.45, 7) is 7.62. The predicted octanol–water partition coefficient (Wildman–Crippen LogP) is 2.64. The molecule has 2 aliphatic heterocycles. The summed E-state index contributed by atoms with van der Waals surface area (Å²) in [5, 5.41) is 3.69. The maximum atomic E-state index is 3.69. The van der Waals surface area contributed by atoms with E-state index in [1.807, 2.05) is 0 Å². The maximum absolute atomic E-state index is 3.69. The van der Waals surface area contributed by atoms with Gasteiger partial charge >= 0.3 is 0 Å². The Kier molecular flexibility index (Phi) is 5.11. The van der Waals surface area contributed by atoms with E-state index in [0.29, 0.717) is 0 Å². The molecule has 0 aliphatic carbocycles. The second-order valence-electron chi connectivity index (χ2n) is 5.85. The minimum Gasteiger partial charge on any atom is -0.313 e. The van der Waals surface area contributed by atoms with Crippen LogP contribution in [0.15, 0.2) is 0 Å². The Labute approximate surface area is 101 Å². The molecule has 0 spiro atoms. The Morgan fingerprint density at radius 3 is 2.44 bits per heavy atom. The molecular formula is C14H28N2. The van der Waals surface area contributed by atoms with Crippen molar-refractivity contribution in [3.63, 3.8) is 0 Å². The molecule has 0 aromatic heterocycles. The van der Waals surface area contributed by atoms with Crippen molar-refractivity contribution in [3.05, 3.63) is 0 Å². The highest BCUT2D eigenvalue weighted by molar-refractivity contribution is 4.79. The summed E-state index contributed by atoms with van der Waals surface area (Å²) < 4.78 is 0. The highest BCUT2D eigenvalue weighted by Crippen LogP contribution is 2.17. The molecule has 2 fully saturated rings. The van der Waals surface area contributed by atoms with Crippen LogP contribution in [0.3, 0.4) is 0 Å². The molecule has 2 heterocycles. The fourth-order valence-electron chi connectivity index (χ4n) is 3.17. The van der Waals surface area contributed by atoms with Crippen LogP contribution in [0, 0.1) is 5.92 Å². The van der Waals surface area contributed by atoms with Crippen LogP contribution < -0.4 is 5.32 Å². The van der Waals surface area contributed by atoms with E-state index in [1.165, 1.54) is 71.1 Å². The maximum Gasteiger partial charge on any atom is 0.0197 e. The first-order valence-electron chi connectivity index (χ1n) is 7.30. The molecule has 0 aromatic rings. The molecule has 2 nitrogen and oxygen atoms in total. The van der Waals surface area contributed by atoms with E-state index in [4.69, 9.17) is 0 Å². The van der Waals surface area contributed by atoms with Gasteiger partial charge in [-0.1, -0.05) is 26.2 Å². The lowest BCUT2D eigenvalue weighted by Crippen LogP contribution is -2.46. The standard InChI is InChI=1S/C14H28N2/c1-13-7-8-15-14(11-13)12-16-9-5-3-2-4-6-10-16/h13-15H,2-12H2,1H3. The van der Waals surface area contributed by atoms with Crippen LogP contribution in [-0.4, -0.2) is 37.1 Å². The van der Waals surface area contributed by atoms with Gasteiger partial charge in [-0.05, 0) is 51.2 Å². The largest absolute Gasteiger partial charge is 0.313 e. The molecule has 2 heteroatoms. The van der Waals surface area contributed by atoms with Crippen molar-refractivity contribution in [1.82, 2.24) is 10.2 Å². The quantitative estimate of drug-likeness (QED) is 0.776. The van der Waals surface area contributed by atoms with Gasteiger partial charge in [0.2, 0.25) is 0 Å². The van der Waals surface area contributed by atoms with E-state index in [0.717, 1.165) is 12.0 Å². The summed E-state index contributed by atoms with van der Waals surface area (Å²) in [6.07, 6.45) is 9.96. The predicted molar refractivity (Wildman–Crippen MR) is 69.7 cm³/mol. The van der Waals surface area contributed by atoms with Gasteiger partial charge in [-0.3, -0.25) is 0 Å². The van der Waals surface area contributed by atoms with Gasteiger partial charge in [-0.2, -0.15) is 0 Å². The van der Waals surface area contributed by atoms with Crippen LogP contribution >= 0.6 is 0 Å². The first-order chi connectivity index (χ1) is 7.84. The number of hydrogen-bond acceptors (Lipinski definition) is 2. The number of hydrogen-bond donors (Lipinski definition) is 1. The fraction of sp³-hybridized carbons (Fsp3) is 1.00. The molecule has 94 valence electrons. The molecule has 0 bridgehead atoms. The summed E-state index contributed by atoms with van der Waals surface area (Å²) >= 11 is 0. The van der Waals surface area contributed by atoms with Gasteiger partial charge in [0.25, 0.3) is 0 Å². The fourth-order valence-corrected chi connectivity index (χ4v) is 3.17. The van der Waals surface area contributed by atoms with Crippen molar-refractivity contribution in [1.29, 1.82) is 0 Å². The minimum atomic E-state index is 0.767. The van der Waals surface area contributed by atoms with Gasteiger partial charge in [-0.15, -0.1) is 0 Å². The third-order valence-electron chi connectivity index (χ3n) is 4.18. The number of piperidine rings is 1. The lowest BCUT2D eigenvalue weighted by molar-refractivity contribution is 0.193. The third kappa shape index (κ3) is 4.06. The normalized spacial score (nSPS) is 34.3. The lowest BCUT2D eigenvalue weighted by atomic mass is 9.94. The van der Waals surface area contributed by atoms with Gasteiger partial charge in [0.1, 0.15) is 0 Å². The Hall–Kier alpha value is -0.0800. The molecule has 1 N–H and O–H groups in total. The highest BCUT2D eigenvalue weighted by atomic mass is 15.1. The second-order valence-corrected chi connectivity index (χ2v) is 5.85. The molecule has 2 unspecified atom stereocenters. The number of likely N-dealkylation sites (tertiary alicyclic amines) is 1. The van der Waals surface area contributed by atoms with Gasteiger partial charge in [-0.25, -0.2) is 0 Å². The van der Waals surface area contributed by atoms with E-state index >= 15 is 0 Å². The molecule has 0 aromatic carbocycles. The Bertz CT molecular complexity index is 185. The summed E-state index contributed by atoms with van der Waals surface area (Å²) in [6, 6.07) is 0.767. The van der Waals surface area contributed by atoms with Crippen LogP contribution in [0.25, 0.3) is 0 Å². The average Bonchev–Trinajstić information content (AvgIpc) is 2.22. The van der Waals surface area contributed by atoms with Crippen LogP contribution in [-0.2, 0) is 0 Å². The van der Waals surface area contributed by atoms with Gasteiger partial charge < -0.3 is 10.2 Å². The van der Waals surface area contributed by atoms with E-state index in [-0.39, 0.29) is 0 Å². The van der Waals surface area contributed by atoms with Crippen LogP contribution in [0.4, 0.5) is 0 Å². The lowest BCUT2D eigenvalue weighted by Gasteiger charge is -2.33. The highest BCUT2D eigenvalue weighted by Gasteiger charge is 2.20. The molecule has 0 amide bonds. The smallest absolute Gasteiger partial charge is 0.0197 e. The van der Waals surface area contributed by atoms with Crippen LogP contribution in [0.5, 0.6) is 0 Å². The molecule has 16 heavy (non-hydrogen) atoms. The average molecular weight is 224 g/mol. The van der Waals surface area contributed by atoms with Crippen molar-refractivity contribution in [3.8, 4) is 0 Å². The Balaban J connectivity index is 1.73. The molecule has 0 saturated carbocycles. The third-order valence-corrected chi connectivity index (χ3v) is 4.18. The molecule has 0 radical (unpaired) electrons. The van der Waals surface area contributed by atoms with Crippen molar-refractivity contribution < 1.29 is 0 Å². The monoisotopic (exact) mass is 224 g/mol. The zero-order valence-electron chi connectivity index (χ0n) is 10.9. The van der Waals surface area contributed by atoms with E-state index in [2.05, 4.69) is 17.1 Å². The first kappa shape index (κ1) is 12.4. The topological polar surface area (TPSA) is 15.3 Å². The van der Waals surface area contributed by atoms with Crippen molar-refractivity contribution in [2.45, 2.75) is 57.9 Å². The summed E-state index contributed by atoms with van der Waals surface area (Å²) in [4.78, 5) is 2.70. The van der Waals surface area contributed by atoms with Crippen molar-refractivity contribution >= 4 is 0 Å². The Morgan fingerprint density at radius 2 is 1.75 bits per heavy atom. The number of nitrogens with one attached hydrogen (secondary N) is 1. The summed E-state index contributed by atoms with van der Waals surface area (Å²) in [5.74, 6) is 0.931. The molecule has 2 saturated heterocycles. The van der Waals surface area contributed by atoms with Crippen LogP contribution in [0.1, 0.15) is 51.9 Å². The SMILES string of the molecule is CC1CCNC(CN2CCCCCCC2)C1. The van der Waals surface area contributed by atoms with Gasteiger partial charge in [0.05, 0.1) is 0 Å². The number of nitrogens with zero attached hydrogens (tertiary/aromatic N) is 1. The Morgan fingerprint density at radius 1 is 1.06 bits per heavy atom. The zero-order chi connectivity index (χ0) is 11.2.